The lowest BCUT2D eigenvalue weighted by atomic mass is 9.83. The smallest absolute Gasteiger partial charge is 0.370 e. The molecule has 0 spiro atoms. The molecule has 1 heterocycles. The van der Waals surface area contributed by atoms with Crippen molar-refractivity contribution in [3.05, 3.63) is 29.3 Å². The number of anilines is 1. The van der Waals surface area contributed by atoms with Gasteiger partial charge >= 0.3 is 6.18 Å². The van der Waals surface area contributed by atoms with E-state index in [0.29, 0.717) is 13.1 Å². The minimum atomic E-state index is -4.51. The van der Waals surface area contributed by atoms with Crippen LogP contribution in [0, 0.1) is 16.7 Å². The van der Waals surface area contributed by atoms with Crippen LogP contribution in [-0.2, 0) is 6.18 Å². The third-order valence-electron chi connectivity index (χ3n) is 3.69. The maximum Gasteiger partial charge on any atom is 0.419 e. The van der Waals surface area contributed by atoms with Crippen molar-refractivity contribution in [2.45, 2.75) is 32.9 Å². The number of alkyl halides is 3. The van der Waals surface area contributed by atoms with Gasteiger partial charge in [-0.2, -0.15) is 18.4 Å². The van der Waals surface area contributed by atoms with Gasteiger partial charge in [0.1, 0.15) is 0 Å². The van der Waals surface area contributed by atoms with Crippen LogP contribution in [-0.4, -0.2) is 13.1 Å². The quantitative estimate of drug-likeness (QED) is 0.771. The van der Waals surface area contributed by atoms with E-state index in [0.717, 1.165) is 12.8 Å². The topological polar surface area (TPSA) is 27.0 Å². The van der Waals surface area contributed by atoms with E-state index in [9.17, 15) is 13.2 Å². The third kappa shape index (κ3) is 2.90. The molecule has 108 valence electrons. The number of nitriles is 1. The molecule has 1 aromatic rings. The van der Waals surface area contributed by atoms with E-state index in [-0.39, 0.29) is 16.7 Å². The van der Waals surface area contributed by atoms with Crippen LogP contribution < -0.4 is 4.90 Å². The average molecular weight is 282 g/mol. The standard InChI is InChI=1S/C15H17F3N2/c1-14(2)7-4-8-20(10-14)12-6-3-5-11(9-19)13(12)15(16,17)18/h3,5-6H,4,7-8,10H2,1-2H3. The van der Waals surface area contributed by atoms with Crippen LogP contribution in [0.1, 0.15) is 37.8 Å². The van der Waals surface area contributed by atoms with Crippen molar-refractivity contribution in [2.24, 2.45) is 5.41 Å². The summed E-state index contributed by atoms with van der Waals surface area (Å²) in [5, 5.41) is 8.94. The maximum absolute atomic E-state index is 13.3. The molecule has 1 aromatic carbocycles. The molecule has 0 N–H and O–H groups in total. The van der Waals surface area contributed by atoms with E-state index in [4.69, 9.17) is 5.26 Å². The van der Waals surface area contributed by atoms with Crippen LogP contribution >= 0.6 is 0 Å². The van der Waals surface area contributed by atoms with Gasteiger partial charge in [-0.15, -0.1) is 0 Å². The van der Waals surface area contributed by atoms with E-state index in [1.807, 2.05) is 0 Å². The Bertz CT molecular complexity index is 541. The minimum Gasteiger partial charge on any atom is -0.370 e. The SMILES string of the molecule is CC1(C)CCCN(c2cccc(C#N)c2C(F)(F)F)C1. The number of hydrogen-bond donors (Lipinski definition) is 0. The number of rotatable bonds is 1. The second-order valence-corrected chi connectivity index (χ2v) is 6.00. The predicted molar refractivity (Wildman–Crippen MR) is 71.4 cm³/mol. The van der Waals surface area contributed by atoms with E-state index < -0.39 is 11.7 Å². The summed E-state index contributed by atoms with van der Waals surface area (Å²) in [6.07, 6.45) is -2.65. The molecule has 0 aliphatic carbocycles. The highest BCUT2D eigenvalue weighted by Gasteiger charge is 2.39. The normalized spacial score (nSPS) is 18.7. The highest BCUT2D eigenvalue weighted by Crippen LogP contribution is 2.41. The van der Waals surface area contributed by atoms with Crippen LogP contribution in [0.15, 0.2) is 18.2 Å². The zero-order valence-corrected chi connectivity index (χ0v) is 11.6. The molecule has 1 aliphatic rings. The molecule has 0 aromatic heterocycles. The van der Waals surface area contributed by atoms with Gasteiger partial charge in [-0.05, 0) is 30.4 Å². The molecule has 1 saturated heterocycles. The first-order valence-electron chi connectivity index (χ1n) is 6.60. The molecule has 0 radical (unpaired) electrons. The molecule has 0 atom stereocenters. The molecule has 0 saturated carbocycles. The van der Waals surface area contributed by atoms with Crippen molar-refractivity contribution in [1.82, 2.24) is 0 Å². The zero-order chi connectivity index (χ0) is 15.0. The summed E-state index contributed by atoms with van der Waals surface area (Å²) in [5.41, 5.74) is -0.994. The fourth-order valence-electron chi connectivity index (χ4n) is 2.82. The van der Waals surface area contributed by atoms with Crippen molar-refractivity contribution >= 4 is 5.69 Å². The number of nitrogens with zero attached hydrogens (tertiary/aromatic N) is 2. The van der Waals surface area contributed by atoms with Gasteiger partial charge in [0.25, 0.3) is 0 Å². The molecule has 2 nitrogen and oxygen atoms in total. The first kappa shape index (κ1) is 14.7. The van der Waals surface area contributed by atoms with Crippen LogP contribution in [0.2, 0.25) is 0 Å². The van der Waals surface area contributed by atoms with Crippen LogP contribution in [0.3, 0.4) is 0 Å². The summed E-state index contributed by atoms with van der Waals surface area (Å²) in [7, 11) is 0. The third-order valence-corrected chi connectivity index (χ3v) is 3.69. The molecule has 1 aliphatic heterocycles. The summed E-state index contributed by atoms with van der Waals surface area (Å²) in [4.78, 5) is 1.76. The highest BCUT2D eigenvalue weighted by atomic mass is 19.4. The van der Waals surface area contributed by atoms with Crippen molar-refractivity contribution in [3.63, 3.8) is 0 Å². The predicted octanol–water partition coefficient (Wildman–Crippen LogP) is 4.20. The molecule has 0 amide bonds. The number of benzene rings is 1. The zero-order valence-electron chi connectivity index (χ0n) is 11.6. The number of hydrogen-bond acceptors (Lipinski definition) is 2. The van der Waals surface area contributed by atoms with Crippen LogP contribution in [0.5, 0.6) is 0 Å². The molecule has 2 rings (SSSR count). The largest absolute Gasteiger partial charge is 0.419 e. The molecular weight excluding hydrogens is 265 g/mol. The van der Waals surface area contributed by atoms with E-state index in [1.165, 1.54) is 18.2 Å². The molecular formula is C15H17F3N2. The molecule has 1 fully saturated rings. The van der Waals surface area contributed by atoms with Gasteiger partial charge in [0.05, 0.1) is 22.9 Å². The Balaban J connectivity index is 2.49. The Hall–Kier alpha value is -1.70. The van der Waals surface area contributed by atoms with E-state index >= 15 is 0 Å². The Kier molecular flexibility index (Phi) is 3.68. The van der Waals surface area contributed by atoms with Crippen LogP contribution in [0.4, 0.5) is 18.9 Å². The molecule has 5 heteroatoms. The summed E-state index contributed by atoms with van der Waals surface area (Å²) in [5.74, 6) is 0. The fraction of sp³-hybridized carbons (Fsp3) is 0.533. The lowest BCUT2D eigenvalue weighted by Gasteiger charge is -2.40. The average Bonchev–Trinajstić information content (AvgIpc) is 2.35. The van der Waals surface area contributed by atoms with Gasteiger partial charge < -0.3 is 4.90 Å². The molecule has 0 unspecified atom stereocenters. The second kappa shape index (κ2) is 5.01. The summed E-state index contributed by atoms with van der Waals surface area (Å²) in [6, 6.07) is 5.86. The van der Waals surface area contributed by atoms with Gasteiger partial charge in [0.2, 0.25) is 0 Å². The van der Waals surface area contributed by atoms with Crippen LogP contribution in [0.25, 0.3) is 0 Å². The van der Waals surface area contributed by atoms with E-state index in [2.05, 4.69) is 13.8 Å². The van der Waals surface area contributed by atoms with Gasteiger partial charge in [-0.25, -0.2) is 0 Å². The Morgan fingerprint density at radius 2 is 2.00 bits per heavy atom. The second-order valence-electron chi connectivity index (χ2n) is 6.00. The first-order valence-corrected chi connectivity index (χ1v) is 6.60. The van der Waals surface area contributed by atoms with Gasteiger partial charge in [0, 0.05) is 13.1 Å². The molecule has 20 heavy (non-hydrogen) atoms. The number of halogens is 3. The lowest BCUT2D eigenvalue weighted by molar-refractivity contribution is -0.137. The summed E-state index contributed by atoms with van der Waals surface area (Å²) < 4.78 is 39.8. The van der Waals surface area contributed by atoms with E-state index in [1.54, 1.807) is 11.0 Å². The van der Waals surface area contributed by atoms with Crippen molar-refractivity contribution in [3.8, 4) is 6.07 Å². The first-order chi connectivity index (χ1) is 9.24. The Morgan fingerprint density at radius 3 is 2.55 bits per heavy atom. The fourth-order valence-corrected chi connectivity index (χ4v) is 2.82. The molecule has 0 bridgehead atoms. The number of piperidine rings is 1. The van der Waals surface area contributed by atoms with Gasteiger partial charge in [-0.3, -0.25) is 0 Å². The minimum absolute atomic E-state index is 0.0102. The van der Waals surface area contributed by atoms with Crippen molar-refractivity contribution in [1.29, 1.82) is 5.26 Å². The summed E-state index contributed by atoms with van der Waals surface area (Å²) >= 11 is 0. The monoisotopic (exact) mass is 282 g/mol. The highest BCUT2D eigenvalue weighted by molar-refractivity contribution is 5.61. The maximum atomic E-state index is 13.3. The van der Waals surface area contributed by atoms with Gasteiger partial charge in [-0.1, -0.05) is 19.9 Å². The lowest BCUT2D eigenvalue weighted by Crippen LogP contribution is -2.41. The summed E-state index contributed by atoms with van der Waals surface area (Å²) in [6.45, 7) is 5.29. The van der Waals surface area contributed by atoms with Crippen molar-refractivity contribution in [2.75, 3.05) is 18.0 Å². The van der Waals surface area contributed by atoms with Gasteiger partial charge in [0.15, 0.2) is 0 Å². The van der Waals surface area contributed by atoms with Crippen molar-refractivity contribution < 1.29 is 13.2 Å². The Labute approximate surface area is 116 Å². The Morgan fingerprint density at radius 1 is 1.30 bits per heavy atom.